The van der Waals surface area contributed by atoms with E-state index in [9.17, 15) is 0 Å². The van der Waals surface area contributed by atoms with Crippen LogP contribution in [0.15, 0.2) is 0 Å². The summed E-state index contributed by atoms with van der Waals surface area (Å²) in [7, 11) is -1.35. The monoisotopic (exact) mass is 192 g/mol. The highest BCUT2D eigenvalue weighted by atomic mass is 32.1. The van der Waals surface area contributed by atoms with Crippen LogP contribution in [0.4, 0.5) is 0 Å². The smallest absolute Gasteiger partial charge is 0.183 e. The molecule has 0 amide bonds. The Bertz CT molecular complexity index is 135. The molecule has 0 spiro atoms. The number of rotatable bonds is 4. The molecule has 0 rings (SSSR count). The van der Waals surface area contributed by atoms with Gasteiger partial charge in [0.1, 0.15) is 0 Å². The lowest BCUT2D eigenvalue weighted by Gasteiger charge is -2.16. The van der Waals surface area contributed by atoms with Crippen molar-refractivity contribution < 1.29 is 4.43 Å². The molecule has 0 aromatic carbocycles. The van der Waals surface area contributed by atoms with Crippen LogP contribution >= 0.6 is 12.2 Å². The molecule has 0 fully saturated rings. The summed E-state index contributed by atoms with van der Waals surface area (Å²) in [5.74, 6) is 0. The van der Waals surface area contributed by atoms with Gasteiger partial charge >= 0.3 is 0 Å². The zero-order chi connectivity index (χ0) is 8.91. The van der Waals surface area contributed by atoms with Gasteiger partial charge in [-0.3, -0.25) is 0 Å². The highest BCUT2D eigenvalue weighted by molar-refractivity contribution is 7.80. The van der Waals surface area contributed by atoms with Crippen LogP contribution in [0.25, 0.3) is 0 Å². The van der Waals surface area contributed by atoms with Crippen LogP contribution in [0.5, 0.6) is 0 Å². The number of hydrogen-bond acceptors (Lipinski definition) is 2. The zero-order valence-electron chi connectivity index (χ0n) is 7.31. The fraction of sp³-hybridized carbons (Fsp3) is 0.833. The lowest BCUT2D eigenvalue weighted by atomic mass is 10.7. The summed E-state index contributed by atoms with van der Waals surface area (Å²) in [6.45, 7) is 7.84. The van der Waals surface area contributed by atoms with Gasteiger partial charge in [-0.2, -0.15) is 0 Å². The minimum Gasteiger partial charge on any atom is -0.416 e. The van der Waals surface area contributed by atoms with Crippen molar-refractivity contribution >= 4 is 25.6 Å². The van der Waals surface area contributed by atoms with E-state index >= 15 is 0 Å². The Morgan fingerprint density at radius 3 is 2.45 bits per heavy atom. The third-order valence-electron chi connectivity index (χ3n) is 0.936. The maximum atomic E-state index is 5.54. The van der Waals surface area contributed by atoms with Gasteiger partial charge in [0.2, 0.25) is 0 Å². The van der Waals surface area contributed by atoms with Crippen LogP contribution in [0.2, 0.25) is 19.6 Å². The molecule has 5 heteroatoms. The third kappa shape index (κ3) is 9.87. The van der Waals surface area contributed by atoms with Crippen molar-refractivity contribution in [1.29, 1.82) is 0 Å². The summed E-state index contributed by atoms with van der Waals surface area (Å²) in [4.78, 5) is 0. The molecule has 0 aromatic rings. The van der Waals surface area contributed by atoms with E-state index in [1.54, 1.807) is 0 Å². The first-order valence-electron chi connectivity index (χ1n) is 3.59. The zero-order valence-corrected chi connectivity index (χ0v) is 9.12. The molecule has 0 aliphatic heterocycles. The number of nitrogens with one attached hydrogen (secondary N) is 1. The molecule has 0 radical (unpaired) electrons. The molecule has 0 aliphatic rings. The second kappa shape index (κ2) is 4.69. The molecule has 66 valence electrons. The Labute approximate surface area is 74.4 Å². The average Bonchev–Trinajstić information content (AvgIpc) is 1.78. The van der Waals surface area contributed by atoms with Crippen molar-refractivity contribution in [3.8, 4) is 0 Å². The lowest BCUT2D eigenvalue weighted by molar-refractivity contribution is 0.316. The van der Waals surface area contributed by atoms with Crippen LogP contribution in [-0.4, -0.2) is 26.6 Å². The third-order valence-corrected chi connectivity index (χ3v) is 2.15. The Morgan fingerprint density at radius 2 is 2.09 bits per heavy atom. The summed E-state index contributed by atoms with van der Waals surface area (Å²) in [5, 5.41) is 3.16. The van der Waals surface area contributed by atoms with Gasteiger partial charge < -0.3 is 15.5 Å². The first-order chi connectivity index (χ1) is 4.92. The number of hydrogen-bond donors (Lipinski definition) is 2. The van der Waals surface area contributed by atoms with Gasteiger partial charge in [0.25, 0.3) is 0 Å². The molecule has 0 aromatic heterocycles. The summed E-state index contributed by atoms with van der Waals surface area (Å²) in [6, 6.07) is 0. The van der Waals surface area contributed by atoms with Gasteiger partial charge in [-0.05, 0) is 31.9 Å². The van der Waals surface area contributed by atoms with Crippen molar-refractivity contribution in [2.24, 2.45) is 5.73 Å². The standard InChI is InChI=1S/C6H16N2OSSi/c1-11(2,3)9-5-4-8-6(7)10/h4-5H2,1-3H3,(H3,7,8,10). The van der Waals surface area contributed by atoms with Crippen LogP contribution in [-0.2, 0) is 4.43 Å². The Balaban J connectivity index is 3.22. The summed E-state index contributed by atoms with van der Waals surface area (Å²) in [5.41, 5.74) is 5.22. The Morgan fingerprint density at radius 1 is 1.55 bits per heavy atom. The highest BCUT2D eigenvalue weighted by Gasteiger charge is 2.12. The van der Waals surface area contributed by atoms with Crippen molar-refractivity contribution in [2.45, 2.75) is 19.6 Å². The Hall–Kier alpha value is -0.133. The average molecular weight is 192 g/mol. The van der Waals surface area contributed by atoms with E-state index in [2.05, 4.69) is 37.2 Å². The molecule has 0 unspecified atom stereocenters. The van der Waals surface area contributed by atoms with Crippen LogP contribution in [0.3, 0.4) is 0 Å². The van der Waals surface area contributed by atoms with Crippen LogP contribution in [0, 0.1) is 0 Å². The van der Waals surface area contributed by atoms with E-state index in [0.29, 0.717) is 18.3 Å². The van der Waals surface area contributed by atoms with Gasteiger partial charge in [0.05, 0.1) is 6.61 Å². The summed E-state index contributed by atoms with van der Waals surface area (Å²) < 4.78 is 5.54. The van der Waals surface area contributed by atoms with E-state index in [-0.39, 0.29) is 0 Å². The fourth-order valence-corrected chi connectivity index (χ4v) is 1.35. The van der Waals surface area contributed by atoms with Crippen molar-refractivity contribution in [1.82, 2.24) is 5.32 Å². The Kier molecular flexibility index (Phi) is 4.63. The predicted octanol–water partition coefficient (Wildman–Crippen LogP) is 0.671. The largest absolute Gasteiger partial charge is 0.416 e. The second-order valence-electron chi connectivity index (χ2n) is 3.25. The lowest BCUT2D eigenvalue weighted by Crippen LogP contribution is -2.35. The summed E-state index contributed by atoms with van der Waals surface area (Å²) >= 11 is 4.62. The molecule has 0 saturated heterocycles. The molecular formula is C6H16N2OSSi. The second-order valence-corrected chi connectivity index (χ2v) is 8.21. The topological polar surface area (TPSA) is 47.3 Å². The molecule has 0 atom stereocenters. The van der Waals surface area contributed by atoms with Gasteiger partial charge in [-0.15, -0.1) is 0 Å². The molecule has 3 N–H and O–H groups in total. The SMILES string of the molecule is C[Si](C)(C)OCCNC(N)=S. The van der Waals surface area contributed by atoms with E-state index in [4.69, 9.17) is 10.2 Å². The first-order valence-corrected chi connectivity index (χ1v) is 7.41. The van der Waals surface area contributed by atoms with E-state index in [1.807, 2.05) is 0 Å². The molecule has 3 nitrogen and oxygen atoms in total. The van der Waals surface area contributed by atoms with Gasteiger partial charge in [0.15, 0.2) is 13.4 Å². The molecule has 11 heavy (non-hydrogen) atoms. The van der Waals surface area contributed by atoms with Gasteiger partial charge in [-0.25, -0.2) is 0 Å². The normalized spacial score (nSPS) is 11.2. The molecular weight excluding hydrogens is 176 g/mol. The predicted molar refractivity (Wildman–Crippen MR) is 54.1 cm³/mol. The van der Waals surface area contributed by atoms with Crippen molar-refractivity contribution in [3.05, 3.63) is 0 Å². The quantitative estimate of drug-likeness (QED) is 0.390. The van der Waals surface area contributed by atoms with Gasteiger partial charge in [-0.1, -0.05) is 0 Å². The molecule has 0 saturated carbocycles. The fourth-order valence-electron chi connectivity index (χ4n) is 0.531. The number of thiocarbonyl (C=S) groups is 1. The van der Waals surface area contributed by atoms with E-state index in [1.165, 1.54) is 0 Å². The van der Waals surface area contributed by atoms with E-state index < -0.39 is 8.32 Å². The minimum absolute atomic E-state index is 0.337. The number of nitrogens with two attached hydrogens (primary N) is 1. The molecule has 0 bridgehead atoms. The molecule has 0 aliphatic carbocycles. The van der Waals surface area contributed by atoms with Crippen molar-refractivity contribution in [2.75, 3.05) is 13.2 Å². The maximum Gasteiger partial charge on any atom is 0.183 e. The highest BCUT2D eigenvalue weighted by Crippen LogP contribution is 2.00. The minimum atomic E-state index is -1.35. The van der Waals surface area contributed by atoms with Gasteiger partial charge in [0, 0.05) is 6.54 Å². The van der Waals surface area contributed by atoms with E-state index in [0.717, 1.165) is 0 Å². The van der Waals surface area contributed by atoms with Crippen LogP contribution in [0.1, 0.15) is 0 Å². The van der Waals surface area contributed by atoms with Crippen LogP contribution < -0.4 is 11.1 Å². The molecule has 0 heterocycles. The van der Waals surface area contributed by atoms with Crippen molar-refractivity contribution in [3.63, 3.8) is 0 Å². The summed E-state index contributed by atoms with van der Waals surface area (Å²) in [6.07, 6.45) is 0. The first kappa shape index (κ1) is 10.9. The maximum absolute atomic E-state index is 5.54.